The van der Waals surface area contributed by atoms with Gasteiger partial charge < -0.3 is 31.9 Å². The Kier molecular flexibility index (Phi) is 10.0. The summed E-state index contributed by atoms with van der Waals surface area (Å²) in [6, 6.07) is 8.17. The van der Waals surface area contributed by atoms with Crippen molar-refractivity contribution >= 4 is 35.3 Å². The Morgan fingerprint density at radius 3 is 2.34 bits per heavy atom. The van der Waals surface area contributed by atoms with Gasteiger partial charge in [0.15, 0.2) is 0 Å². The molecule has 0 unspecified atom stereocenters. The van der Waals surface area contributed by atoms with Crippen molar-refractivity contribution in [3.63, 3.8) is 0 Å². The molecule has 3 amide bonds. The maximum Gasteiger partial charge on any atom is 0.328 e. The number of nitrogens with two attached hydrogens (primary N) is 1. The minimum absolute atomic E-state index is 0.0368. The van der Waals surface area contributed by atoms with E-state index in [1.807, 2.05) is 13.8 Å². The fourth-order valence-electron chi connectivity index (χ4n) is 3.18. The van der Waals surface area contributed by atoms with Gasteiger partial charge in [-0.1, -0.05) is 37.6 Å². The average Bonchev–Trinajstić information content (AvgIpc) is 2.79. The molecule has 0 fully saturated rings. The van der Waals surface area contributed by atoms with Crippen LogP contribution >= 0.6 is 11.6 Å². The highest BCUT2D eigenvalue weighted by Gasteiger charge is 2.24. The predicted molar refractivity (Wildman–Crippen MR) is 130 cm³/mol. The summed E-state index contributed by atoms with van der Waals surface area (Å²) in [7, 11) is 0. The van der Waals surface area contributed by atoms with E-state index < -0.39 is 35.8 Å². The van der Waals surface area contributed by atoms with E-state index in [2.05, 4.69) is 16.0 Å². The van der Waals surface area contributed by atoms with Crippen molar-refractivity contribution in [3.05, 3.63) is 64.2 Å². The lowest BCUT2D eigenvalue weighted by Crippen LogP contribution is -2.51. The average molecular weight is 505 g/mol. The zero-order valence-electron chi connectivity index (χ0n) is 19.4. The number of amides is 3. The van der Waals surface area contributed by atoms with Gasteiger partial charge in [-0.3, -0.25) is 14.4 Å². The van der Waals surface area contributed by atoms with E-state index in [1.165, 1.54) is 30.3 Å². The smallest absolute Gasteiger partial charge is 0.328 e. The first-order chi connectivity index (χ1) is 16.5. The molecule has 0 heterocycles. The fraction of sp³-hybridized carbons (Fsp3) is 0.333. The number of aliphatic carboxylic acids is 1. The Balaban J connectivity index is 1.99. The Hall–Kier alpha value is -3.63. The lowest BCUT2D eigenvalue weighted by molar-refractivity contribution is -0.139. The van der Waals surface area contributed by atoms with Crippen molar-refractivity contribution < 1.29 is 29.4 Å². The minimum atomic E-state index is -1.42. The van der Waals surface area contributed by atoms with Crippen molar-refractivity contribution in [2.24, 2.45) is 11.7 Å². The second kappa shape index (κ2) is 12.7. The van der Waals surface area contributed by atoms with Crippen molar-refractivity contribution in [2.45, 2.75) is 38.9 Å². The van der Waals surface area contributed by atoms with Crippen molar-refractivity contribution in [2.75, 3.05) is 6.54 Å². The van der Waals surface area contributed by atoms with Crippen LogP contribution in [0.5, 0.6) is 5.75 Å². The summed E-state index contributed by atoms with van der Waals surface area (Å²) >= 11 is 6.18. The number of hydrogen-bond acceptors (Lipinski definition) is 6. The van der Waals surface area contributed by atoms with Crippen LogP contribution in [0.3, 0.4) is 0 Å². The van der Waals surface area contributed by atoms with Gasteiger partial charge in [-0.2, -0.15) is 0 Å². The summed E-state index contributed by atoms with van der Waals surface area (Å²) in [6.07, 6.45) is 0.430. The Morgan fingerprint density at radius 1 is 1.03 bits per heavy atom. The molecule has 0 aliphatic carbocycles. The quantitative estimate of drug-likeness (QED) is 0.270. The molecule has 0 saturated heterocycles. The summed E-state index contributed by atoms with van der Waals surface area (Å²) in [5.41, 5.74) is 6.63. The van der Waals surface area contributed by atoms with Gasteiger partial charge in [0.1, 0.15) is 11.8 Å². The highest BCUT2D eigenvalue weighted by molar-refractivity contribution is 6.34. The molecule has 10 nitrogen and oxygen atoms in total. The van der Waals surface area contributed by atoms with Crippen LogP contribution < -0.4 is 21.7 Å². The first-order valence-corrected chi connectivity index (χ1v) is 11.3. The summed E-state index contributed by atoms with van der Waals surface area (Å²) in [6.45, 7) is 3.61. The van der Waals surface area contributed by atoms with Gasteiger partial charge in [0.25, 0.3) is 11.8 Å². The van der Waals surface area contributed by atoms with E-state index in [0.717, 1.165) is 0 Å². The minimum Gasteiger partial charge on any atom is -0.508 e. The summed E-state index contributed by atoms with van der Waals surface area (Å²) < 4.78 is 0. The second-order valence-electron chi connectivity index (χ2n) is 8.39. The Bertz CT molecular complexity index is 1090. The van der Waals surface area contributed by atoms with Gasteiger partial charge in [0.2, 0.25) is 5.91 Å². The highest BCUT2D eigenvalue weighted by atomic mass is 35.5. The van der Waals surface area contributed by atoms with Gasteiger partial charge in [-0.05, 0) is 48.2 Å². The summed E-state index contributed by atoms with van der Waals surface area (Å²) in [4.78, 5) is 48.7. The van der Waals surface area contributed by atoms with Crippen LogP contribution in [0.1, 0.15) is 46.5 Å². The SMILES string of the molecule is CC(C)C[C@H](N)C(=O)NC[C@H](NC(=O)c1ccc(C(=O)NCc2cccc(O)c2)cc1Cl)C(=O)O. The summed E-state index contributed by atoms with van der Waals surface area (Å²) in [5, 5.41) is 26.3. The fourth-order valence-corrected chi connectivity index (χ4v) is 3.44. The first-order valence-electron chi connectivity index (χ1n) is 10.9. The number of benzene rings is 2. The van der Waals surface area contributed by atoms with Crippen LogP contribution in [0.15, 0.2) is 42.5 Å². The number of aromatic hydroxyl groups is 1. The third-order valence-electron chi connectivity index (χ3n) is 4.99. The van der Waals surface area contributed by atoms with E-state index in [9.17, 15) is 29.4 Å². The van der Waals surface area contributed by atoms with Crippen molar-refractivity contribution in [3.8, 4) is 5.75 Å². The molecular weight excluding hydrogens is 476 g/mol. The number of phenolic OH excluding ortho intramolecular Hbond substituents is 1. The highest BCUT2D eigenvalue weighted by Crippen LogP contribution is 2.19. The number of hydrogen-bond donors (Lipinski definition) is 6. The number of phenols is 1. The molecule has 0 spiro atoms. The Morgan fingerprint density at radius 2 is 1.74 bits per heavy atom. The lowest BCUT2D eigenvalue weighted by Gasteiger charge is -2.18. The van der Waals surface area contributed by atoms with Crippen LogP contribution in [-0.2, 0) is 16.1 Å². The molecule has 7 N–H and O–H groups in total. The molecule has 2 rings (SSSR count). The topological polar surface area (TPSA) is 171 Å². The third kappa shape index (κ3) is 8.58. The van der Waals surface area contributed by atoms with Crippen LogP contribution in [0.2, 0.25) is 5.02 Å². The van der Waals surface area contributed by atoms with Gasteiger partial charge >= 0.3 is 5.97 Å². The number of halogens is 1. The molecule has 0 aliphatic heterocycles. The first kappa shape index (κ1) is 27.6. The zero-order chi connectivity index (χ0) is 26.1. The largest absolute Gasteiger partial charge is 0.508 e. The lowest BCUT2D eigenvalue weighted by atomic mass is 10.0. The molecule has 0 aliphatic rings. The zero-order valence-corrected chi connectivity index (χ0v) is 20.1. The van der Waals surface area contributed by atoms with E-state index in [0.29, 0.717) is 12.0 Å². The van der Waals surface area contributed by atoms with Crippen molar-refractivity contribution in [1.29, 1.82) is 0 Å². The van der Waals surface area contributed by atoms with Gasteiger partial charge in [0.05, 0.1) is 16.6 Å². The van der Waals surface area contributed by atoms with Gasteiger partial charge in [-0.15, -0.1) is 0 Å². The maximum absolute atomic E-state index is 12.6. The third-order valence-corrected chi connectivity index (χ3v) is 5.30. The van der Waals surface area contributed by atoms with Crippen LogP contribution in [0.4, 0.5) is 0 Å². The Labute approximate surface area is 207 Å². The normalized spacial score (nSPS) is 12.5. The molecule has 0 bridgehead atoms. The van der Waals surface area contributed by atoms with Gasteiger partial charge in [-0.25, -0.2) is 4.79 Å². The molecule has 2 aromatic rings. The molecule has 188 valence electrons. The molecule has 2 aromatic carbocycles. The summed E-state index contributed by atoms with van der Waals surface area (Å²) in [5.74, 6) is -2.84. The van der Waals surface area contributed by atoms with Crippen LogP contribution in [0.25, 0.3) is 0 Å². The van der Waals surface area contributed by atoms with Gasteiger partial charge in [0, 0.05) is 18.7 Å². The number of carboxylic acid groups (broad SMARTS) is 1. The van der Waals surface area contributed by atoms with Crippen molar-refractivity contribution in [1.82, 2.24) is 16.0 Å². The van der Waals surface area contributed by atoms with E-state index in [-0.39, 0.29) is 40.9 Å². The molecule has 11 heteroatoms. The molecule has 2 atom stereocenters. The molecule has 0 saturated carbocycles. The molecule has 0 aromatic heterocycles. The van der Waals surface area contributed by atoms with E-state index in [4.69, 9.17) is 17.3 Å². The number of carbonyl (C=O) groups is 4. The van der Waals surface area contributed by atoms with E-state index >= 15 is 0 Å². The monoisotopic (exact) mass is 504 g/mol. The molecule has 0 radical (unpaired) electrons. The number of rotatable bonds is 11. The number of nitrogens with one attached hydrogen (secondary N) is 3. The number of carboxylic acids is 1. The number of carbonyl (C=O) groups excluding carboxylic acids is 3. The van der Waals surface area contributed by atoms with Crippen LogP contribution in [0, 0.1) is 5.92 Å². The second-order valence-corrected chi connectivity index (χ2v) is 8.80. The standard InChI is InChI=1S/C24H29ClN4O6/c1-13(2)8-19(26)23(33)28-12-20(24(34)35)29-22(32)17-7-6-15(10-18(17)25)21(31)27-11-14-4-3-5-16(30)9-14/h3-7,9-10,13,19-20,30H,8,11-12,26H2,1-2H3,(H,27,31)(H,28,33)(H,29,32)(H,34,35)/t19-,20-/m0/s1. The molecular formula is C24H29ClN4O6. The molecule has 35 heavy (non-hydrogen) atoms. The maximum atomic E-state index is 12.6. The predicted octanol–water partition coefficient (Wildman–Crippen LogP) is 1.65. The van der Waals surface area contributed by atoms with Crippen LogP contribution in [-0.4, -0.2) is 52.5 Å². The van der Waals surface area contributed by atoms with E-state index in [1.54, 1.807) is 12.1 Å².